The number of para-hydroxylation sites is 2. The molecule has 1 amide bonds. The van der Waals surface area contributed by atoms with Gasteiger partial charge in [-0.2, -0.15) is 0 Å². The van der Waals surface area contributed by atoms with Gasteiger partial charge >= 0.3 is 0 Å². The topological polar surface area (TPSA) is 69.8 Å². The van der Waals surface area contributed by atoms with E-state index in [0.29, 0.717) is 11.7 Å². The molecule has 1 fully saturated rings. The molecule has 4 rings (SSSR count). The zero-order chi connectivity index (χ0) is 18.5. The lowest BCUT2D eigenvalue weighted by molar-refractivity contribution is 0.0951. The van der Waals surface area contributed by atoms with Crippen LogP contribution in [0.3, 0.4) is 0 Å². The van der Waals surface area contributed by atoms with Crippen molar-refractivity contribution in [1.82, 2.24) is 20.6 Å². The molecule has 27 heavy (non-hydrogen) atoms. The number of imidazole rings is 1. The summed E-state index contributed by atoms with van der Waals surface area (Å²) in [5.74, 6) is 1.40. The van der Waals surface area contributed by atoms with Gasteiger partial charge < -0.3 is 15.6 Å². The number of aromatic amines is 1. The highest BCUT2D eigenvalue weighted by Gasteiger charge is 2.16. The second kappa shape index (κ2) is 8.59. The maximum absolute atomic E-state index is 12.6. The minimum atomic E-state index is 0.0155. The Bertz CT molecular complexity index is 884. The van der Waals surface area contributed by atoms with Crippen molar-refractivity contribution in [3.8, 4) is 0 Å². The molecule has 1 aliphatic heterocycles. The number of rotatable bonds is 7. The maximum Gasteiger partial charge on any atom is 0.251 e. The molecule has 3 aromatic rings. The number of nitrogens with one attached hydrogen (secondary N) is 3. The Labute approximate surface area is 163 Å². The molecule has 1 aromatic heterocycles. The van der Waals surface area contributed by atoms with Crippen molar-refractivity contribution in [3.05, 3.63) is 59.7 Å². The van der Waals surface area contributed by atoms with Gasteiger partial charge in [0.1, 0.15) is 0 Å². The lowest BCUT2D eigenvalue weighted by Gasteiger charge is -2.11. The maximum atomic E-state index is 12.6. The van der Waals surface area contributed by atoms with Crippen molar-refractivity contribution in [2.75, 3.05) is 19.6 Å². The van der Waals surface area contributed by atoms with Gasteiger partial charge in [0.15, 0.2) is 5.16 Å². The number of hydrogen-bond donors (Lipinski definition) is 3. The zero-order valence-electron chi connectivity index (χ0n) is 15.2. The number of hydrogen-bond acceptors (Lipinski definition) is 4. The second-order valence-electron chi connectivity index (χ2n) is 6.91. The van der Waals surface area contributed by atoms with Crippen molar-refractivity contribution in [1.29, 1.82) is 0 Å². The van der Waals surface area contributed by atoms with E-state index in [1.54, 1.807) is 11.8 Å². The lowest BCUT2D eigenvalue weighted by Crippen LogP contribution is -2.27. The van der Waals surface area contributed by atoms with Crippen LogP contribution in [0.4, 0.5) is 0 Å². The third kappa shape index (κ3) is 4.51. The monoisotopic (exact) mass is 380 g/mol. The van der Waals surface area contributed by atoms with Crippen molar-refractivity contribution < 1.29 is 4.79 Å². The van der Waals surface area contributed by atoms with Gasteiger partial charge in [-0.15, -0.1) is 0 Å². The van der Waals surface area contributed by atoms with Crippen LogP contribution < -0.4 is 10.6 Å². The van der Waals surface area contributed by atoms with Crippen LogP contribution >= 0.6 is 11.8 Å². The summed E-state index contributed by atoms with van der Waals surface area (Å²) in [5, 5.41) is 7.33. The van der Waals surface area contributed by atoms with E-state index in [-0.39, 0.29) is 5.91 Å². The normalized spacial score (nSPS) is 16.7. The number of nitrogens with zero attached hydrogens (tertiary/aromatic N) is 1. The Morgan fingerprint density at radius 2 is 2.04 bits per heavy atom. The number of carbonyl (C=O) groups excluding carboxylic acids is 1. The molecule has 1 unspecified atom stereocenters. The molecule has 5 nitrogen and oxygen atoms in total. The first-order valence-electron chi connectivity index (χ1n) is 9.44. The molecule has 3 N–H and O–H groups in total. The predicted molar refractivity (Wildman–Crippen MR) is 110 cm³/mol. The molecule has 2 aromatic carbocycles. The van der Waals surface area contributed by atoms with E-state index < -0.39 is 0 Å². The van der Waals surface area contributed by atoms with E-state index in [2.05, 4.69) is 20.6 Å². The van der Waals surface area contributed by atoms with Crippen LogP contribution in [0.25, 0.3) is 11.0 Å². The fraction of sp³-hybridized carbons (Fsp3) is 0.333. The quantitative estimate of drug-likeness (QED) is 0.548. The molecule has 1 saturated heterocycles. The van der Waals surface area contributed by atoms with Crippen LogP contribution in [0.1, 0.15) is 28.8 Å². The molecule has 2 heterocycles. The Morgan fingerprint density at radius 3 is 2.89 bits per heavy atom. The molecule has 140 valence electrons. The summed E-state index contributed by atoms with van der Waals surface area (Å²) in [6.45, 7) is 2.90. The standard InChI is InChI=1S/C21H24N4OS/c26-20(23-12-10-15-9-11-22-13-15)17-6-2-1-5-16(17)14-27-21-24-18-7-3-4-8-19(18)25-21/h1-8,15,22H,9-14H2,(H,23,26)(H,24,25). The van der Waals surface area contributed by atoms with E-state index >= 15 is 0 Å². The van der Waals surface area contributed by atoms with Crippen LogP contribution in [0, 0.1) is 5.92 Å². The molecule has 6 heteroatoms. The second-order valence-corrected chi connectivity index (χ2v) is 7.87. The first-order valence-corrected chi connectivity index (χ1v) is 10.4. The van der Waals surface area contributed by atoms with Crippen molar-refractivity contribution in [3.63, 3.8) is 0 Å². The number of benzene rings is 2. The molecule has 0 saturated carbocycles. The fourth-order valence-electron chi connectivity index (χ4n) is 3.46. The van der Waals surface area contributed by atoms with Gasteiger partial charge in [-0.3, -0.25) is 4.79 Å². The predicted octanol–water partition coefficient (Wildman–Crippen LogP) is 3.58. The highest BCUT2D eigenvalue weighted by Crippen LogP contribution is 2.24. The number of aromatic nitrogens is 2. The summed E-state index contributed by atoms with van der Waals surface area (Å²) in [5.41, 5.74) is 3.79. The molecule has 0 aliphatic carbocycles. The summed E-state index contributed by atoms with van der Waals surface area (Å²) in [6, 6.07) is 15.8. The summed E-state index contributed by atoms with van der Waals surface area (Å²) in [6.07, 6.45) is 2.25. The minimum absolute atomic E-state index is 0.0155. The third-order valence-corrected chi connectivity index (χ3v) is 5.92. The van der Waals surface area contributed by atoms with Gasteiger partial charge in [0.2, 0.25) is 0 Å². The number of H-pyrrole nitrogens is 1. The van der Waals surface area contributed by atoms with E-state index in [1.165, 1.54) is 6.42 Å². The first kappa shape index (κ1) is 18.1. The minimum Gasteiger partial charge on any atom is -0.352 e. The van der Waals surface area contributed by atoms with E-state index in [0.717, 1.165) is 53.4 Å². The van der Waals surface area contributed by atoms with Gasteiger partial charge in [0.25, 0.3) is 5.91 Å². The SMILES string of the molecule is O=C(NCCC1CCNC1)c1ccccc1CSc1nc2ccccc2[nH]1. The van der Waals surface area contributed by atoms with Crippen LogP contribution in [0.2, 0.25) is 0 Å². The number of carbonyl (C=O) groups is 1. The van der Waals surface area contributed by atoms with Gasteiger partial charge in [0.05, 0.1) is 11.0 Å². The van der Waals surface area contributed by atoms with Crippen LogP contribution in [-0.4, -0.2) is 35.5 Å². The first-order chi connectivity index (χ1) is 13.3. The van der Waals surface area contributed by atoms with Crippen LogP contribution in [0.15, 0.2) is 53.7 Å². The van der Waals surface area contributed by atoms with Gasteiger partial charge in [-0.05, 0) is 55.6 Å². The molecule has 0 radical (unpaired) electrons. The summed E-state index contributed by atoms with van der Waals surface area (Å²) in [4.78, 5) is 20.6. The van der Waals surface area contributed by atoms with Crippen LogP contribution in [-0.2, 0) is 5.75 Å². The molecule has 1 atom stereocenters. The molecular weight excluding hydrogens is 356 g/mol. The molecule has 1 aliphatic rings. The summed E-state index contributed by atoms with van der Waals surface area (Å²) < 4.78 is 0. The molecule has 0 bridgehead atoms. The van der Waals surface area contributed by atoms with Gasteiger partial charge in [0, 0.05) is 17.9 Å². The Kier molecular flexibility index (Phi) is 5.75. The van der Waals surface area contributed by atoms with Gasteiger partial charge in [-0.25, -0.2) is 4.98 Å². The Morgan fingerprint density at radius 1 is 1.19 bits per heavy atom. The van der Waals surface area contributed by atoms with Crippen LogP contribution in [0.5, 0.6) is 0 Å². The highest BCUT2D eigenvalue weighted by molar-refractivity contribution is 7.98. The van der Waals surface area contributed by atoms with E-state index in [1.807, 2.05) is 48.5 Å². The molecular formula is C21H24N4OS. The smallest absolute Gasteiger partial charge is 0.251 e. The number of thioether (sulfide) groups is 1. The summed E-state index contributed by atoms with van der Waals surface area (Å²) in [7, 11) is 0. The van der Waals surface area contributed by atoms with Crippen molar-refractivity contribution >= 4 is 28.7 Å². The average Bonchev–Trinajstić information content (AvgIpc) is 3.35. The average molecular weight is 381 g/mol. The van der Waals surface area contributed by atoms with E-state index in [9.17, 15) is 4.79 Å². The van der Waals surface area contributed by atoms with Crippen molar-refractivity contribution in [2.45, 2.75) is 23.8 Å². The zero-order valence-corrected chi connectivity index (χ0v) is 16.0. The lowest BCUT2D eigenvalue weighted by atomic mass is 10.0. The number of fused-ring (bicyclic) bond motifs is 1. The Balaban J connectivity index is 1.37. The van der Waals surface area contributed by atoms with Crippen molar-refractivity contribution in [2.24, 2.45) is 5.92 Å². The number of amides is 1. The largest absolute Gasteiger partial charge is 0.352 e. The fourth-order valence-corrected chi connectivity index (χ4v) is 4.35. The Hall–Kier alpha value is -2.31. The molecule has 0 spiro atoms. The highest BCUT2D eigenvalue weighted by atomic mass is 32.2. The summed E-state index contributed by atoms with van der Waals surface area (Å²) >= 11 is 1.62. The third-order valence-electron chi connectivity index (χ3n) is 4.99. The van der Waals surface area contributed by atoms with Gasteiger partial charge in [-0.1, -0.05) is 42.1 Å². The van der Waals surface area contributed by atoms with E-state index in [4.69, 9.17) is 0 Å².